The van der Waals surface area contributed by atoms with Crippen molar-refractivity contribution in [2.75, 3.05) is 0 Å². The lowest BCUT2D eigenvalue weighted by Gasteiger charge is -2.09. The first-order valence-corrected chi connectivity index (χ1v) is 6.64. The third-order valence-corrected chi connectivity index (χ3v) is 3.55. The number of rotatable bonds is 2. The van der Waals surface area contributed by atoms with Gasteiger partial charge in [0.2, 0.25) is 0 Å². The Morgan fingerprint density at radius 1 is 1.06 bits per heavy atom. The molecule has 1 nitrogen and oxygen atoms in total. The average Bonchev–Trinajstić information content (AvgIpc) is 2.28. The molecular formula is C15H12FIO. The van der Waals surface area contributed by atoms with E-state index in [0.29, 0.717) is 22.3 Å². The van der Waals surface area contributed by atoms with Gasteiger partial charge in [-0.15, -0.1) is 0 Å². The third kappa shape index (κ3) is 2.61. The number of hydrogen-bond acceptors (Lipinski definition) is 1. The van der Waals surface area contributed by atoms with Crippen LogP contribution in [-0.2, 0) is 0 Å². The zero-order chi connectivity index (χ0) is 13.3. The Labute approximate surface area is 119 Å². The normalized spacial score (nSPS) is 10.4. The summed E-state index contributed by atoms with van der Waals surface area (Å²) in [6, 6.07) is 10.2. The van der Waals surface area contributed by atoms with Crippen molar-refractivity contribution in [3.05, 3.63) is 68.0 Å². The van der Waals surface area contributed by atoms with Crippen LogP contribution in [0.1, 0.15) is 27.0 Å². The molecule has 0 spiro atoms. The molecule has 0 aliphatic carbocycles. The molecule has 0 heterocycles. The van der Waals surface area contributed by atoms with E-state index in [2.05, 4.69) is 22.6 Å². The first kappa shape index (κ1) is 13.2. The first-order chi connectivity index (χ1) is 8.49. The summed E-state index contributed by atoms with van der Waals surface area (Å²) >= 11 is 2.19. The van der Waals surface area contributed by atoms with E-state index in [1.807, 2.05) is 12.1 Å². The Morgan fingerprint density at radius 2 is 1.56 bits per heavy atom. The molecule has 0 radical (unpaired) electrons. The lowest BCUT2D eigenvalue weighted by atomic mass is 9.95. The number of hydrogen-bond donors (Lipinski definition) is 0. The lowest BCUT2D eigenvalue weighted by molar-refractivity contribution is 0.103. The summed E-state index contributed by atoms with van der Waals surface area (Å²) in [7, 11) is 0. The monoisotopic (exact) mass is 354 g/mol. The summed E-state index contributed by atoms with van der Waals surface area (Å²) < 4.78 is 14.3. The molecule has 2 rings (SSSR count). The van der Waals surface area contributed by atoms with Crippen LogP contribution in [0.5, 0.6) is 0 Å². The highest BCUT2D eigenvalue weighted by molar-refractivity contribution is 14.1. The SMILES string of the molecule is Cc1cc(F)cc(C)c1C(=O)c1ccc(I)cc1. The van der Waals surface area contributed by atoms with Crippen molar-refractivity contribution in [3.63, 3.8) is 0 Å². The summed E-state index contributed by atoms with van der Waals surface area (Å²) in [5.41, 5.74) is 2.58. The smallest absolute Gasteiger partial charge is 0.193 e. The fourth-order valence-corrected chi connectivity index (χ4v) is 2.37. The number of carbonyl (C=O) groups excluding carboxylic acids is 1. The molecule has 2 aromatic carbocycles. The summed E-state index contributed by atoms with van der Waals surface area (Å²) in [5.74, 6) is -0.356. The molecule has 0 bridgehead atoms. The highest BCUT2D eigenvalue weighted by Gasteiger charge is 2.15. The van der Waals surface area contributed by atoms with Crippen molar-refractivity contribution in [2.45, 2.75) is 13.8 Å². The van der Waals surface area contributed by atoms with E-state index in [0.717, 1.165) is 3.57 Å². The highest BCUT2D eigenvalue weighted by atomic mass is 127. The fourth-order valence-electron chi connectivity index (χ4n) is 2.01. The molecular weight excluding hydrogens is 342 g/mol. The average molecular weight is 354 g/mol. The lowest BCUT2D eigenvalue weighted by Crippen LogP contribution is -2.07. The van der Waals surface area contributed by atoms with Crippen molar-refractivity contribution in [1.82, 2.24) is 0 Å². The van der Waals surface area contributed by atoms with Crippen LogP contribution < -0.4 is 0 Å². The summed E-state index contributed by atoms with van der Waals surface area (Å²) in [4.78, 5) is 12.4. The number of aryl methyl sites for hydroxylation is 2. The second-order valence-corrected chi connectivity index (χ2v) is 5.50. The van der Waals surface area contributed by atoms with E-state index in [4.69, 9.17) is 0 Å². The van der Waals surface area contributed by atoms with Gasteiger partial charge in [0, 0.05) is 14.7 Å². The van der Waals surface area contributed by atoms with Gasteiger partial charge in [-0.2, -0.15) is 0 Å². The molecule has 0 unspecified atom stereocenters. The van der Waals surface area contributed by atoms with E-state index in [9.17, 15) is 9.18 Å². The van der Waals surface area contributed by atoms with Gasteiger partial charge in [0.05, 0.1) is 0 Å². The zero-order valence-electron chi connectivity index (χ0n) is 10.1. The molecule has 0 aliphatic rings. The number of ketones is 1. The van der Waals surface area contributed by atoms with Crippen LogP contribution >= 0.6 is 22.6 Å². The molecule has 0 amide bonds. The number of benzene rings is 2. The van der Waals surface area contributed by atoms with Gasteiger partial charge in [0.1, 0.15) is 5.82 Å². The summed E-state index contributed by atoms with van der Waals surface area (Å²) in [5, 5.41) is 0. The first-order valence-electron chi connectivity index (χ1n) is 5.56. The zero-order valence-corrected chi connectivity index (χ0v) is 12.3. The maximum atomic E-state index is 13.2. The van der Waals surface area contributed by atoms with E-state index in [-0.39, 0.29) is 11.6 Å². The van der Waals surface area contributed by atoms with Gasteiger partial charge in [0.15, 0.2) is 5.78 Å². The van der Waals surface area contributed by atoms with E-state index in [1.54, 1.807) is 26.0 Å². The molecule has 0 saturated heterocycles. The standard InChI is InChI=1S/C15H12FIO/c1-9-7-12(16)8-10(2)14(9)15(18)11-3-5-13(17)6-4-11/h3-8H,1-2H3. The molecule has 0 saturated carbocycles. The van der Waals surface area contributed by atoms with Gasteiger partial charge in [-0.05, 0) is 84.0 Å². The topological polar surface area (TPSA) is 17.1 Å². The van der Waals surface area contributed by atoms with E-state index >= 15 is 0 Å². The van der Waals surface area contributed by atoms with E-state index < -0.39 is 0 Å². The minimum Gasteiger partial charge on any atom is -0.289 e. The molecule has 0 atom stereocenters. The predicted octanol–water partition coefficient (Wildman–Crippen LogP) is 4.28. The number of halogens is 2. The van der Waals surface area contributed by atoms with E-state index in [1.165, 1.54) is 12.1 Å². The molecule has 2 aromatic rings. The van der Waals surface area contributed by atoms with Crippen molar-refractivity contribution in [3.8, 4) is 0 Å². The Kier molecular flexibility index (Phi) is 3.80. The Balaban J connectivity index is 2.49. The molecule has 0 fully saturated rings. The van der Waals surface area contributed by atoms with Crippen molar-refractivity contribution < 1.29 is 9.18 Å². The second kappa shape index (κ2) is 5.18. The molecule has 92 valence electrons. The third-order valence-electron chi connectivity index (χ3n) is 2.83. The van der Waals surface area contributed by atoms with Crippen LogP contribution in [0.15, 0.2) is 36.4 Å². The van der Waals surface area contributed by atoms with Gasteiger partial charge < -0.3 is 0 Å². The minimum atomic E-state index is -0.302. The Morgan fingerprint density at radius 3 is 2.06 bits per heavy atom. The largest absolute Gasteiger partial charge is 0.289 e. The van der Waals surface area contributed by atoms with Crippen LogP contribution in [0.4, 0.5) is 4.39 Å². The van der Waals surface area contributed by atoms with Crippen molar-refractivity contribution in [2.24, 2.45) is 0 Å². The molecule has 3 heteroatoms. The van der Waals surface area contributed by atoms with Crippen LogP contribution in [-0.4, -0.2) is 5.78 Å². The van der Waals surface area contributed by atoms with Crippen molar-refractivity contribution >= 4 is 28.4 Å². The quantitative estimate of drug-likeness (QED) is 0.581. The number of carbonyl (C=O) groups is 1. The van der Waals surface area contributed by atoms with Gasteiger partial charge in [-0.1, -0.05) is 0 Å². The molecule has 0 N–H and O–H groups in total. The predicted molar refractivity (Wildman–Crippen MR) is 78.5 cm³/mol. The fraction of sp³-hybridized carbons (Fsp3) is 0.133. The van der Waals surface area contributed by atoms with Crippen LogP contribution in [0, 0.1) is 23.2 Å². The Hall–Kier alpha value is -1.23. The maximum Gasteiger partial charge on any atom is 0.193 e. The molecule has 0 aliphatic heterocycles. The molecule has 0 aromatic heterocycles. The van der Waals surface area contributed by atoms with Crippen LogP contribution in [0.3, 0.4) is 0 Å². The van der Waals surface area contributed by atoms with Crippen LogP contribution in [0.25, 0.3) is 0 Å². The Bertz CT molecular complexity index is 579. The second-order valence-electron chi connectivity index (χ2n) is 4.25. The van der Waals surface area contributed by atoms with Crippen molar-refractivity contribution in [1.29, 1.82) is 0 Å². The van der Waals surface area contributed by atoms with Crippen LogP contribution in [0.2, 0.25) is 0 Å². The summed E-state index contributed by atoms with van der Waals surface area (Å²) in [6.45, 7) is 3.52. The summed E-state index contributed by atoms with van der Waals surface area (Å²) in [6.07, 6.45) is 0. The highest BCUT2D eigenvalue weighted by Crippen LogP contribution is 2.20. The van der Waals surface area contributed by atoms with Gasteiger partial charge in [0.25, 0.3) is 0 Å². The molecule has 18 heavy (non-hydrogen) atoms. The van der Waals surface area contributed by atoms with Gasteiger partial charge >= 0.3 is 0 Å². The maximum absolute atomic E-state index is 13.2. The van der Waals surface area contributed by atoms with Gasteiger partial charge in [-0.3, -0.25) is 4.79 Å². The minimum absolute atomic E-state index is 0.0543. The van der Waals surface area contributed by atoms with Gasteiger partial charge in [-0.25, -0.2) is 4.39 Å².